The first-order valence-electron chi connectivity index (χ1n) is 8.36. The van der Waals surface area contributed by atoms with Crippen LogP contribution in [0.1, 0.15) is 45.1 Å². The highest BCUT2D eigenvalue weighted by Crippen LogP contribution is 2.17. The van der Waals surface area contributed by atoms with Gasteiger partial charge >= 0.3 is 6.03 Å². The second-order valence-electron chi connectivity index (χ2n) is 6.36. The number of amides is 2. The van der Waals surface area contributed by atoms with E-state index in [1.54, 1.807) is 0 Å². The Morgan fingerprint density at radius 2 is 2.05 bits per heavy atom. The summed E-state index contributed by atoms with van der Waals surface area (Å²) in [5.41, 5.74) is 1.03. The van der Waals surface area contributed by atoms with Crippen molar-refractivity contribution < 1.29 is 4.79 Å². The first kappa shape index (κ1) is 16.6. The zero-order valence-electron chi connectivity index (χ0n) is 13.8. The number of aromatic nitrogens is 1. The summed E-state index contributed by atoms with van der Waals surface area (Å²) in [6.07, 6.45) is 6.52. The second-order valence-corrected chi connectivity index (χ2v) is 6.36. The van der Waals surface area contributed by atoms with E-state index in [0.29, 0.717) is 12.5 Å². The zero-order chi connectivity index (χ0) is 15.8. The molecule has 0 saturated carbocycles. The fourth-order valence-corrected chi connectivity index (χ4v) is 2.61. The van der Waals surface area contributed by atoms with Crippen LogP contribution >= 0.6 is 0 Å². The lowest BCUT2D eigenvalue weighted by molar-refractivity contribution is 0.240. The summed E-state index contributed by atoms with van der Waals surface area (Å²) < 4.78 is 0. The number of nitrogens with one attached hydrogen (secondary N) is 2. The van der Waals surface area contributed by atoms with E-state index in [1.807, 2.05) is 18.3 Å². The lowest BCUT2D eigenvalue weighted by Gasteiger charge is -2.16. The average Bonchev–Trinajstić information content (AvgIpc) is 3.04. The molecule has 0 unspecified atom stereocenters. The molecule has 0 bridgehead atoms. The monoisotopic (exact) mass is 304 g/mol. The number of carbonyl (C=O) groups excluding carboxylic acids is 1. The van der Waals surface area contributed by atoms with E-state index in [2.05, 4.69) is 34.4 Å². The minimum atomic E-state index is -0.104. The van der Waals surface area contributed by atoms with Gasteiger partial charge in [-0.2, -0.15) is 0 Å². The van der Waals surface area contributed by atoms with Gasteiger partial charge in [0.15, 0.2) is 0 Å². The number of anilines is 1. The summed E-state index contributed by atoms with van der Waals surface area (Å²) in [5.74, 6) is 1.73. The Balaban J connectivity index is 1.66. The van der Waals surface area contributed by atoms with Crippen molar-refractivity contribution in [3.05, 3.63) is 23.9 Å². The highest BCUT2D eigenvalue weighted by molar-refractivity contribution is 5.73. The minimum Gasteiger partial charge on any atom is -0.357 e. The quantitative estimate of drug-likeness (QED) is 0.762. The van der Waals surface area contributed by atoms with Crippen LogP contribution in [0.2, 0.25) is 0 Å². The molecule has 2 rings (SSSR count). The molecule has 2 heterocycles. The van der Waals surface area contributed by atoms with Crippen molar-refractivity contribution in [1.82, 2.24) is 15.6 Å². The molecule has 122 valence electrons. The number of pyridine rings is 1. The van der Waals surface area contributed by atoms with Crippen LogP contribution in [-0.2, 0) is 6.54 Å². The molecular formula is C17H28N4O. The average molecular weight is 304 g/mol. The van der Waals surface area contributed by atoms with Crippen molar-refractivity contribution in [3.8, 4) is 0 Å². The second kappa shape index (κ2) is 8.61. The van der Waals surface area contributed by atoms with E-state index in [0.717, 1.165) is 43.9 Å². The van der Waals surface area contributed by atoms with E-state index >= 15 is 0 Å². The third kappa shape index (κ3) is 5.54. The van der Waals surface area contributed by atoms with Crippen LogP contribution in [0.5, 0.6) is 0 Å². The Labute approximate surface area is 133 Å². The number of rotatable bonds is 7. The molecule has 0 radical (unpaired) electrons. The first-order chi connectivity index (χ1) is 10.6. The van der Waals surface area contributed by atoms with E-state index < -0.39 is 0 Å². The van der Waals surface area contributed by atoms with Crippen LogP contribution in [-0.4, -0.2) is 30.6 Å². The molecule has 2 N–H and O–H groups in total. The Hall–Kier alpha value is -1.78. The van der Waals surface area contributed by atoms with Gasteiger partial charge in [-0.1, -0.05) is 19.9 Å². The van der Waals surface area contributed by atoms with Crippen molar-refractivity contribution >= 4 is 11.8 Å². The van der Waals surface area contributed by atoms with Gasteiger partial charge in [-0.15, -0.1) is 0 Å². The molecule has 1 saturated heterocycles. The Morgan fingerprint density at radius 1 is 1.27 bits per heavy atom. The van der Waals surface area contributed by atoms with Crippen LogP contribution in [0, 0.1) is 5.92 Å². The van der Waals surface area contributed by atoms with Gasteiger partial charge in [-0.05, 0) is 43.2 Å². The summed E-state index contributed by atoms with van der Waals surface area (Å²) >= 11 is 0. The lowest BCUT2D eigenvalue weighted by atomic mass is 10.1. The minimum absolute atomic E-state index is 0.104. The molecule has 1 aliphatic heterocycles. The third-order valence-corrected chi connectivity index (χ3v) is 3.94. The maximum atomic E-state index is 11.7. The number of nitrogens with zero attached hydrogens (tertiary/aromatic N) is 2. The molecule has 22 heavy (non-hydrogen) atoms. The highest BCUT2D eigenvalue weighted by Gasteiger charge is 2.12. The summed E-state index contributed by atoms with van der Waals surface area (Å²) in [4.78, 5) is 18.5. The number of carbonyl (C=O) groups is 1. The maximum absolute atomic E-state index is 11.7. The molecule has 2 amide bonds. The van der Waals surface area contributed by atoms with Gasteiger partial charge in [-0.3, -0.25) is 0 Å². The Bertz CT molecular complexity index is 452. The van der Waals surface area contributed by atoms with E-state index in [-0.39, 0.29) is 6.03 Å². The van der Waals surface area contributed by atoms with Crippen LogP contribution in [0.15, 0.2) is 18.3 Å². The number of hydrogen-bond acceptors (Lipinski definition) is 3. The smallest absolute Gasteiger partial charge is 0.315 e. The van der Waals surface area contributed by atoms with Crippen LogP contribution in [0.4, 0.5) is 10.6 Å². The summed E-state index contributed by atoms with van der Waals surface area (Å²) in [5, 5.41) is 5.76. The molecule has 0 spiro atoms. The molecule has 1 aromatic rings. The SMILES string of the molecule is CC(C)CCCNC(=O)NCc1ccc(N2CCCC2)nc1. The standard InChI is InChI=1S/C17H28N4O/c1-14(2)6-5-9-18-17(22)20-13-15-7-8-16(19-12-15)21-10-3-4-11-21/h7-8,12,14H,3-6,9-11,13H2,1-2H3,(H2,18,20,22). The van der Waals surface area contributed by atoms with E-state index in [4.69, 9.17) is 0 Å². The molecular weight excluding hydrogens is 276 g/mol. The van der Waals surface area contributed by atoms with E-state index in [9.17, 15) is 4.79 Å². The lowest BCUT2D eigenvalue weighted by Crippen LogP contribution is -2.35. The topological polar surface area (TPSA) is 57.3 Å². The fourth-order valence-electron chi connectivity index (χ4n) is 2.61. The van der Waals surface area contributed by atoms with Crippen LogP contribution in [0.25, 0.3) is 0 Å². The van der Waals surface area contributed by atoms with Crippen molar-refractivity contribution in [3.63, 3.8) is 0 Å². The first-order valence-corrected chi connectivity index (χ1v) is 8.36. The summed E-state index contributed by atoms with van der Waals surface area (Å²) in [7, 11) is 0. The normalized spacial score (nSPS) is 14.4. The predicted octanol–water partition coefficient (Wildman–Crippen LogP) is 2.92. The molecule has 0 aliphatic carbocycles. The van der Waals surface area contributed by atoms with E-state index in [1.165, 1.54) is 12.8 Å². The Morgan fingerprint density at radius 3 is 2.68 bits per heavy atom. The molecule has 0 atom stereocenters. The molecule has 1 fully saturated rings. The van der Waals surface area contributed by atoms with Gasteiger partial charge in [0.2, 0.25) is 0 Å². The summed E-state index contributed by atoms with van der Waals surface area (Å²) in [6.45, 7) is 7.84. The van der Waals surface area contributed by atoms with Crippen LogP contribution < -0.4 is 15.5 Å². The molecule has 1 aliphatic rings. The molecule has 5 nitrogen and oxygen atoms in total. The van der Waals surface area contributed by atoms with Gasteiger partial charge in [0.05, 0.1) is 0 Å². The van der Waals surface area contributed by atoms with Gasteiger partial charge in [0.1, 0.15) is 5.82 Å². The van der Waals surface area contributed by atoms with Crippen molar-refractivity contribution in [2.45, 2.75) is 46.1 Å². The van der Waals surface area contributed by atoms with Gasteiger partial charge in [0.25, 0.3) is 0 Å². The Kier molecular flexibility index (Phi) is 6.49. The molecule has 1 aromatic heterocycles. The predicted molar refractivity (Wildman–Crippen MR) is 90.0 cm³/mol. The zero-order valence-corrected chi connectivity index (χ0v) is 13.8. The van der Waals surface area contributed by atoms with Gasteiger partial charge < -0.3 is 15.5 Å². The molecule has 5 heteroatoms. The fraction of sp³-hybridized carbons (Fsp3) is 0.647. The summed E-state index contributed by atoms with van der Waals surface area (Å²) in [6, 6.07) is 3.98. The maximum Gasteiger partial charge on any atom is 0.315 e. The van der Waals surface area contributed by atoms with Gasteiger partial charge in [-0.25, -0.2) is 9.78 Å². The van der Waals surface area contributed by atoms with Crippen molar-refractivity contribution in [2.75, 3.05) is 24.5 Å². The highest BCUT2D eigenvalue weighted by atomic mass is 16.2. The number of urea groups is 1. The molecule has 0 aromatic carbocycles. The van der Waals surface area contributed by atoms with Crippen molar-refractivity contribution in [1.29, 1.82) is 0 Å². The van der Waals surface area contributed by atoms with Crippen molar-refractivity contribution in [2.24, 2.45) is 5.92 Å². The van der Waals surface area contributed by atoms with Gasteiger partial charge in [0, 0.05) is 32.4 Å². The third-order valence-electron chi connectivity index (χ3n) is 3.94. The number of hydrogen-bond donors (Lipinski definition) is 2. The van der Waals surface area contributed by atoms with Crippen LogP contribution in [0.3, 0.4) is 0 Å². The largest absolute Gasteiger partial charge is 0.357 e.